The van der Waals surface area contributed by atoms with Gasteiger partial charge in [0.05, 0.1) is 24.7 Å². The molecular formula is C14H12N4O2. The van der Waals surface area contributed by atoms with Crippen molar-refractivity contribution >= 4 is 11.7 Å². The van der Waals surface area contributed by atoms with Gasteiger partial charge in [-0.15, -0.1) is 0 Å². The van der Waals surface area contributed by atoms with Crippen LogP contribution in [0.5, 0.6) is 0 Å². The van der Waals surface area contributed by atoms with Crippen LogP contribution >= 0.6 is 0 Å². The first-order chi connectivity index (χ1) is 9.70. The highest BCUT2D eigenvalue weighted by Crippen LogP contribution is 2.12. The van der Waals surface area contributed by atoms with Crippen LogP contribution in [0.3, 0.4) is 0 Å². The third-order valence-electron chi connectivity index (χ3n) is 2.72. The molecule has 0 fully saturated rings. The van der Waals surface area contributed by atoms with Gasteiger partial charge in [-0.2, -0.15) is 5.26 Å². The van der Waals surface area contributed by atoms with E-state index in [4.69, 9.17) is 10.4 Å². The van der Waals surface area contributed by atoms with Crippen molar-refractivity contribution < 1.29 is 9.90 Å². The second-order valence-corrected chi connectivity index (χ2v) is 4.07. The first kappa shape index (κ1) is 13.5. The monoisotopic (exact) mass is 268 g/mol. The lowest BCUT2D eigenvalue weighted by atomic mass is 10.1. The average molecular weight is 268 g/mol. The molecule has 6 heteroatoms. The summed E-state index contributed by atoms with van der Waals surface area (Å²) < 4.78 is 0. The number of nitrogens with one attached hydrogen (secondary N) is 1. The lowest BCUT2D eigenvalue weighted by Gasteiger charge is -2.08. The molecule has 0 radical (unpaired) electrons. The number of hydrogen-bond acceptors (Lipinski definition) is 5. The number of benzene rings is 1. The molecule has 0 aliphatic rings. The van der Waals surface area contributed by atoms with E-state index < -0.39 is 5.97 Å². The number of hydrogen-bond donors (Lipinski definition) is 2. The molecule has 0 aliphatic heterocycles. The summed E-state index contributed by atoms with van der Waals surface area (Å²) in [6.07, 6.45) is 2.97. The number of nitrogens with zero attached hydrogens (tertiary/aromatic N) is 3. The van der Waals surface area contributed by atoms with Gasteiger partial charge in [0.1, 0.15) is 11.9 Å². The van der Waals surface area contributed by atoms with Crippen molar-refractivity contribution in [3.8, 4) is 6.07 Å². The van der Waals surface area contributed by atoms with Gasteiger partial charge in [0.2, 0.25) is 0 Å². The van der Waals surface area contributed by atoms with Gasteiger partial charge in [-0.05, 0) is 17.7 Å². The highest BCUT2D eigenvalue weighted by molar-refractivity contribution is 5.88. The zero-order valence-electron chi connectivity index (χ0n) is 10.6. The Hall–Kier alpha value is -2.94. The fourth-order valence-corrected chi connectivity index (χ4v) is 1.69. The summed E-state index contributed by atoms with van der Waals surface area (Å²) in [6.45, 7) is 0.293. The van der Waals surface area contributed by atoms with Gasteiger partial charge < -0.3 is 10.4 Å². The number of carbonyl (C=O) groups is 1. The van der Waals surface area contributed by atoms with Crippen LogP contribution in [0.25, 0.3) is 0 Å². The van der Waals surface area contributed by atoms with Gasteiger partial charge in [0.25, 0.3) is 0 Å². The number of aromatic nitrogens is 2. The molecule has 0 atom stereocenters. The molecule has 2 aromatic rings. The lowest BCUT2D eigenvalue weighted by molar-refractivity contribution is 0.0694. The highest BCUT2D eigenvalue weighted by atomic mass is 16.4. The minimum atomic E-state index is -1.05. The average Bonchev–Trinajstić information content (AvgIpc) is 2.47. The van der Waals surface area contributed by atoms with Crippen LogP contribution in [0, 0.1) is 11.3 Å². The summed E-state index contributed by atoms with van der Waals surface area (Å²) in [5, 5.41) is 20.7. The van der Waals surface area contributed by atoms with Crippen LogP contribution in [-0.2, 0) is 13.0 Å². The Morgan fingerprint density at radius 3 is 2.75 bits per heavy atom. The Morgan fingerprint density at radius 2 is 2.10 bits per heavy atom. The molecule has 100 valence electrons. The molecule has 1 aromatic heterocycles. The number of aromatic carboxylic acids is 1. The zero-order chi connectivity index (χ0) is 14.4. The molecule has 0 spiro atoms. The largest absolute Gasteiger partial charge is 0.478 e. The second-order valence-electron chi connectivity index (χ2n) is 4.07. The Balaban J connectivity index is 2.05. The molecule has 20 heavy (non-hydrogen) atoms. The van der Waals surface area contributed by atoms with Crippen LogP contribution in [0.2, 0.25) is 0 Å². The Morgan fingerprint density at radius 1 is 1.35 bits per heavy atom. The molecule has 0 saturated heterocycles. The summed E-state index contributed by atoms with van der Waals surface area (Å²) in [5.41, 5.74) is 2.28. The Kier molecular flexibility index (Phi) is 4.24. The first-order valence-corrected chi connectivity index (χ1v) is 5.92. The summed E-state index contributed by atoms with van der Waals surface area (Å²) in [4.78, 5) is 18.7. The molecule has 0 amide bonds. The SMILES string of the molecule is N#CCc1ccc(NCc2ncncc2C(=O)O)cc1. The van der Waals surface area contributed by atoms with Crippen molar-refractivity contribution in [3.05, 3.63) is 53.6 Å². The smallest absolute Gasteiger partial charge is 0.339 e. The van der Waals surface area contributed by atoms with Gasteiger partial charge in [0, 0.05) is 11.9 Å². The molecule has 1 heterocycles. The number of anilines is 1. The van der Waals surface area contributed by atoms with Gasteiger partial charge >= 0.3 is 5.97 Å². The number of carboxylic acids is 1. The molecular weight excluding hydrogens is 256 g/mol. The zero-order valence-corrected chi connectivity index (χ0v) is 10.6. The normalized spacial score (nSPS) is 9.75. The van der Waals surface area contributed by atoms with Crippen molar-refractivity contribution in [2.75, 3.05) is 5.32 Å². The van der Waals surface area contributed by atoms with Crippen LogP contribution in [0.1, 0.15) is 21.6 Å². The molecule has 0 aliphatic carbocycles. The summed E-state index contributed by atoms with van der Waals surface area (Å²) in [7, 11) is 0. The van der Waals surface area contributed by atoms with E-state index in [-0.39, 0.29) is 5.56 Å². The Labute approximate surface area is 115 Å². The minimum Gasteiger partial charge on any atom is -0.478 e. The second kappa shape index (κ2) is 6.29. The molecule has 0 unspecified atom stereocenters. The van der Waals surface area contributed by atoms with E-state index in [1.807, 2.05) is 24.3 Å². The molecule has 2 N–H and O–H groups in total. The Bertz CT molecular complexity index is 647. The van der Waals surface area contributed by atoms with E-state index >= 15 is 0 Å². The maximum Gasteiger partial charge on any atom is 0.339 e. The number of carboxylic acid groups (broad SMARTS) is 1. The van der Waals surface area contributed by atoms with Gasteiger partial charge in [-0.3, -0.25) is 0 Å². The van der Waals surface area contributed by atoms with E-state index in [0.717, 1.165) is 11.3 Å². The third kappa shape index (κ3) is 3.29. The number of rotatable bonds is 5. The van der Waals surface area contributed by atoms with Crippen LogP contribution in [-0.4, -0.2) is 21.0 Å². The quantitative estimate of drug-likeness (QED) is 0.858. The van der Waals surface area contributed by atoms with Crippen LogP contribution < -0.4 is 5.32 Å². The maximum atomic E-state index is 11.0. The highest BCUT2D eigenvalue weighted by Gasteiger charge is 2.10. The van der Waals surface area contributed by atoms with E-state index in [9.17, 15) is 4.79 Å². The van der Waals surface area contributed by atoms with Crippen molar-refractivity contribution in [3.63, 3.8) is 0 Å². The number of nitriles is 1. The molecule has 0 saturated carbocycles. The minimum absolute atomic E-state index is 0.0844. The van der Waals surface area contributed by atoms with Gasteiger partial charge in [-0.25, -0.2) is 14.8 Å². The van der Waals surface area contributed by atoms with Gasteiger partial charge in [0.15, 0.2) is 0 Å². The first-order valence-electron chi connectivity index (χ1n) is 5.92. The van der Waals surface area contributed by atoms with E-state index in [1.165, 1.54) is 12.5 Å². The van der Waals surface area contributed by atoms with E-state index in [2.05, 4.69) is 21.4 Å². The third-order valence-corrected chi connectivity index (χ3v) is 2.72. The summed E-state index contributed by atoms with van der Waals surface area (Å²) in [5.74, 6) is -1.05. The standard InChI is InChI=1S/C14H12N4O2/c15-6-5-10-1-3-11(4-2-10)17-8-13-12(14(19)20)7-16-9-18-13/h1-4,7,9,17H,5,8H2,(H,19,20). The van der Waals surface area contributed by atoms with Crippen LogP contribution in [0.15, 0.2) is 36.8 Å². The summed E-state index contributed by atoms with van der Waals surface area (Å²) >= 11 is 0. The molecule has 6 nitrogen and oxygen atoms in total. The molecule has 0 bridgehead atoms. The molecule has 2 rings (SSSR count). The topological polar surface area (TPSA) is 98.9 Å². The van der Waals surface area contributed by atoms with E-state index in [1.54, 1.807) is 0 Å². The fraction of sp³-hybridized carbons (Fsp3) is 0.143. The predicted octanol–water partition coefficient (Wildman–Crippen LogP) is 1.85. The summed E-state index contributed by atoms with van der Waals surface area (Å²) in [6, 6.07) is 9.46. The van der Waals surface area contributed by atoms with Crippen molar-refractivity contribution in [1.29, 1.82) is 5.26 Å². The fourth-order valence-electron chi connectivity index (χ4n) is 1.69. The predicted molar refractivity (Wildman–Crippen MR) is 72.1 cm³/mol. The van der Waals surface area contributed by atoms with Crippen molar-refractivity contribution in [2.45, 2.75) is 13.0 Å². The maximum absolute atomic E-state index is 11.0. The van der Waals surface area contributed by atoms with Crippen molar-refractivity contribution in [2.24, 2.45) is 0 Å². The van der Waals surface area contributed by atoms with Crippen LogP contribution in [0.4, 0.5) is 5.69 Å². The van der Waals surface area contributed by atoms with Gasteiger partial charge in [-0.1, -0.05) is 12.1 Å². The lowest BCUT2D eigenvalue weighted by Crippen LogP contribution is -2.10. The molecule has 1 aromatic carbocycles. The van der Waals surface area contributed by atoms with E-state index in [0.29, 0.717) is 18.7 Å². The van der Waals surface area contributed by atoms with Crippen molar-refractivity contribution in [1.82, 2.24) is 9.97 Å².